The molecule has 1 aromatic heterocycles. The summed E-state index contributed by atoms with van der Waals surface area (Å²) < 4.78 is 7.60. The molecule has 1 aliphatic heterocycles. The molecular formula is C16H19ClN4O2S2. The lowest BCUT2D eigenvalue weighted by molar-refractivity contribution is 0.0363. The monoisotopic (exact) mass is 398 g/mol. The van der Waals surface area contributed by atoms with E-state index >= 15 is 0 Å². The van der Waals surface area contributed by atoms with E-state index in [1.165, 1.54) is 11.8 Å². The molecule has 0 amide bonds. The number of aromatic nitrogens is 1. The van der Waals surface area contributed by atoms with E-state index in [4.69, 9.17) is 28.6 Å². The zero-order chi connectivity index (χ0) is 17.8. The van der Waals surface area contributed by atoms with E-state index in [2.05, 4.69) is 15.1 Å². The zero-order valence-corrected chi connectivity index (χ0v) is 16.2. The first-order valence-electron chi connectivity index (χ1n) is 7.91. The lowest BCUT2D eigenvalue weighted by Gasteiger charge is -2.26. The second-order valence-corrected chi connectivity index (χ2v) is 7.43. The standard InChI is InChI=1S/C16H19ClN4O2S2/c1-25-16(24)19-18-14-13-11(17)3-2-4-12(13)21(15(14)22)6-5-20-7-9-23-10-8-20/h2-4,22H,5-10H2,1H3. The molecule has 25 heavy (non-hydrogen) atoms. The lowest BCUT2D eigenvalue weighted by atomic mass is 10.2. The summed E-state index contributed by atoms with van der Waals surface area (Å²) in [5, 5.41) is 20.1. The Bertz CT molecular complexity index is 803. The average Bonchev–Trinajstić information content (AvgIpc) is 2.91. The van der Waals surface area contributed by atoms with Gasteiger partial charge in [-0.2, -0.15) is 0 Å². The third-order valence-electron chi connectivity index (χ3n) is 4.14. The molecule has 0 bridgehead atoms. The van der Waals surface area contributed by atoms with Crippen LogP contribution in [0.2, 0.25) is 5.02 Å². The molecule has 2 heterocycles. The fourth-order valence-corrected chi connectivity index (χ4v) is 3.27. The van der Waals surface area contributed by atoms with Crippen molar-refractivity contribution in [3.63, 3.8) is 0 Å². The molecule has 0 atom stereocenters. The van der Waals surface area contributed by atoms with Crippen LogP contribution in [-0.2, 0) is 11.3 Å². The number of ether oxygens (including phenoxy) is 1. The Morgan fingerprint density at radius 2 is 2.12 bits per heavy atom. The van der Waals surface area contributed by atoms with Crippen LogP contribution in [0.25, 0.3) is 10.9 Å². The molecule has 2 aromatic rings. The SMILES string of the molecule is CSC(=S)N=Nc1c(O)n(CCN2CCOCC2)c2cccc(Cl)c12. The van der Waals surface area contributed by atoms with Gasteiger partial charge in [0.2, 0.25) is 5.88 Å². The van der Waals surface area contributed by atoms with Crippen LogP contribution in [0.3, 0.4) is 0 Å². The summed E-state index contributed by atoms with van der Waals surface area (Å²) in [7, 11) is 0. The summed E-state index contributed by atoms with van der Waals surface area (Å²) in [5.74, 6) is 0.0593. The molecule has 0 saturated carbocycles. The number of aromatic hydroxyl groups is 1. The fraction of sp³-hybridized carbons (Fsp3) is 0.438. The van der Waals surface area contributed by atoms with Crippen molar-refractivity contribution in [2.45, 2.75) is 6.54 Å². The number of halogens is 1. The van der Waals surface area contributed by atoms with Crippen molar-refractivity contribution in [1.82, 2.24) is 9.47 Å². The Morgan fingerprint density at radius 3 is 2.84 bits per heavy atom. The molecule has 9 heteroatoms. The zero-order valence-electron chi connectivity index (χ0n) is 13.8. The number of thioether (sulfide) groups is 1. The van der Waals surface area contributed by atoms with Gasteiger partial charge in [-0.1, -0.05) is 29.4 Å². The molecule has 0 aliphatic carbocycles. The molecular weight excluding hydrogens is 380 g/mol. The van der Waals surface area contributed by atoms with Crippen LogP contribution in [0.1, 0.15) is 0 Å². The normalized spacial score (nSPS) is 16.1. The van der Waals surface area contributed by atoms with Crippen LogP contribution in [0.5, 0.6) is 5.88 Å². The van der Waals surface area contributed by atoms with Crippen molar-refractivity contribution in [3.8, 4) is 5.88 Å². The van der Waals surface area contributed by atoms with Gasteiger partial charge in [-0.25, -0.2) is 0 Å². The van der Waals surface area contributed by atoms with Crippen molar-refractivity contribution in [3.05, 3.63) is 23.2 Å². The number of hydrogen-bond acceptors (Lipinski definition) is 6. The summed E-state index contributed by atoms with van der Waals surface area (Å²) in [6, 6.07) is 5.57. The van der Waals surface area contributed by atoms with Gasteiger partial charge < -0.3 is 14.4 Å². The summed E-state index contributed by atoms with van der Waals surface area (Å²) in [6.45, 7) is 4.73. The second kappa shape index (κ2) is 8.46. The number of hydrogen-bond donors (Lipinski definition) is 1. The molecule has 1 aliphatic rings. The number of morpholine rings is 1. The van der Waals surface area contributed by atoms with Gasteiger partial charge in [0.05, 0.1) is 29.1 Å². The first-order chi connectivity index (χ1) is 12.1. The smallest absolute Gasteiger partial charge is 0.220 e. The van der Waals surface area contributed by atoms with Crippen LogP contribution in [0.15, 0.2) is 28.4 Å². The number of thiocarbonyl (C=S) groups is 1. The Kier molecular flexibility index (Phi) is 6.29. The number of fused-ring (bicyclic) bond motifs is 1. The van der Waals surface area contributed by atoms with Gasteiger partial charge in [0.15, 0.2) is 10.0 Å². The van der Waals surface area contributed by atoms with E-state index in [0.717, 1.165) is 38.4 Å². The Morgan fingerprint density at radius 1 is 1.36 bits per heavy atom. The van der Waals surface area contributed by atoms with Crippen molar-refractivity contribution in [2.24, 2.45) is 10.2 Å². The molecule has 1 saturated heterocycles. The highest BCUT2D eigenvalue weighted by atomic mass is 35.5. The number of nitrogens with zero attached hydrogens (tertiary/aromatic N) is 4. The highest BCUT2D eigenvalue weighted by Crippen LogP contribution is 2.42. The van der Waals surface area contributed by atoms with E-state index in [1.807, 2.05) is 23.0 Å². The van der Waals surface area contributed by atoms with E-state index in [9.17, 15) is 5.11 Å². The van der Waals surface area contributed by atoms with Crippen LogP contribution >= 0.6 is 35.6 Å². The minimum absolute atomic E-state index is 0.0593. The maximum Gasteiger partial charge on any atom is 0.220 e. The Labute approximate surface area is 160 Å². The molecule has 0 spiro atoms. The van der Waals surface area contributed by atoms with Crippen LogP contribution in [-0.4, -0.2) is 58.0 Å². The van der Waals surface area contributed by atoms with Crippen molar-refractivity contribution in [1.29, 1.82) is 0 Å². The van der Waals surface area contributed by atoms with E-state index < -0.39 is 0 Å². The number of benzene rings is 1. The van der Waals surface area contributed by atoms with E-state index in [0.29, 0.717) is 27.0 Å². The number of azo groups is 1. The van der Waals surface area contributed by atoms with Gasteiger partial charge in [-0.05, 0) is 30.6 Å². The summed E-state index contributed by atoms with van der Waals surface area (Å²) in [4.78, 5) is 2.31. The second-order valence-electron chi connectivity index (χ2n) is 5.58. The van der Waals surface area contributed by atoms with Crippen molar-refractivity contribution in [2.75, 3.05) is 39.1 Å². The first kappa shape index (κ1) is 18.6. The highest BCUT2D eigenvalue weighted by molar-refractivity contribution is 8.22. The number of rotatable bonds is 4. The van der Waals surface area contributed by atoms with Gasteiger partial charge >= 0.3 is 0 Å². The summed E-state index contributed by atoms with van der Waals surface area (Å²) >= 11 is 12.7. The van der Waals surface area contributed by atoms with Gasteiger partial charge in [0.1, 0.15) is 0 Å². The van der Waals surface area contributed by atoms with Gasteiger partial charge in [0.25, 0.3) is 0 Å². The molecule has 1 N–H and O–H groups in total. The molecule has 3 rings (SSSR count). The van der Waals surface area contributed by atoms with Gasteiger partial charge in [-0.15, -0.1) is 10.2 Å². The first-order valence-corrected chi connectivity index (χ1v) is 9.92. The Balaban J connectivity index is 1.94. The maximum absolute atomic E-state index is 10.7. The molecule has 0 unspecified atom stereocenters. The third kappa shape index (κ3) is 4.15. The summed E-state index contributed by atoms with van der Waals surface area (Å²) in [6.07, 6.45) is 1.83. The lowest BCUT2D eigenvalue weighted by Crippen LogP contribution is -2.38. The molecule has 134 valence electrons. The van der Waals surface area contributed by atoms with E-state index in [-0.39, 0.29) is 5.88 Å². The highest BCUT2D eigenvalue weighted by Gasteiger charge is 2.20. The predicted molar refractivity (Wildman–Crippen MR) is 107 cm³/mol. The average molecular weight is 399 g/mol. The van der Waals surface area contributed by atoms with Crippen LogP contribution in [0, 0.1) is 0 Å². The molecule has 1 aromatic carbocycles. The Hall–Kier alpha value is -1.19. The molecule has 1 fully saturated rings. The minimum atomic E-state index is 0.0593. The maximum atomic E-state index is 10.7. The largest absolute Gasteiger partial charge is 0.493 e. The molecule has 6 nitrogen and oxygen atoms in total. The topological polar surface area (TPSA) is 62.4 Å². The molecule has 0 radical (unpaired) electrons. The minimum Gasteiger partial charge on any atom is -0.493 e. The van der Waals surface area contributed by atoms with Crippen molar-refractivity contribution >= 4 is 56.5 Å². The van der Waals surface area contributed by atoms with E-state index in [1.54, 1.807) is 6.07 Å². The predicted octanol–water partition coefficient (Wildman–Crippen LogP) is 4.06. The van der Waals surface area contributed by atoms with Crippen molar-refractivity contribution < 1.29 is 9.84 Å². The van der Waals surface area contributed by atoms with Gasteiger partial charge in [0, 0.05) is 26.2 Å². The summed E-state index contributed by atoms with van der Waals surface area (Å²) in [5.41, 5.74) is 1.20. The third-order valence-corrected chi connectivity index (χ3v) is 5.46. The fourth-order valence-electron chi connectivity index (χ4n) is 2.84. The van der Waals surface area contributed by atoms with Gasteiger partial charge in [-0.3, -0.25) is 4.90 Å². The van der Waals surface area contributed by atoms with Crippen LogP contribution in [0.4, 0.5) is 5.69 Å². The quantitative estimate of drug-likeness (QED) is 0.621. The van der Waals surface area contributed by atoms with Crippen LogP contribution < -0.4 is 0 Å².